The van der Waals surface area contributed by atoms with Crippen LogP contribution >= 0.6 is 0 Å². The number of aliphatic hydroxyl groups is 1. The topological polar surface area (TPSA) is 85.2 Å². The molecule has 4 rings (SSSR count). The van der Waals surface area contributed by atoms with E-state index in [4.69, 9.17) is 19.3 Å². The van der Waals surface area contributed by atoms with Crippen LogP contribution in [0.2, 0.25) is 0 Å². The summed E-state index contributed by atoms with van der Waals surface area (Å²) in [6, 6.07) is 0. The van der Waals surface area contributed by atoms with Gasteiger partial charge in [0.15, 0.2) is 0 Å². The van der Waals surface area contributed by atoms with Gasteiger partial charge < -0.3 is 24.4 Å². The smallest absolute Gasteiger partial charge is 0.329 e. The van der Waals surface area contributed by atoms with Crippen molar-refractivity contribution in [3.63, 3.8) is 0 Å². The molecule has 6 nitrogen and oxygen atoms in total. The summed E-state index contributed by atoms with van der Waals surface area (Å²) in [6.45, 7) is 5.81. The molecule has 3 saturated carbocycles. The number of hydrogen-bond acceptors (Lipinski definition) is 5. The maximum atomic E-state index is 11.3. The first-order chi connectivity index (χ1) is 15.5. The summed E-state index contributed by atoms with van der Waals surface area (Å²) in [5, 5.41) is 19.9. The molecule has 0 aromatic carbocycles. The molecule has 0 heterocycles. The van der Waals surface area contributed by atoms with E-state index in [-0.39, 0.29) is 30.1 Å². The minimum absolute atomic E-state index is 0.0632. The number of fused-ring (bicyclic) bond motifs is 3. The van der Waals surface area contributed by atoms with Crippen LogP contribution in [0.4, 0.5) is 0 Å². The Balaban J connectivity index is 1.27. The number of hydrogen-bond donors (Lipinski definition) is 2. The molecule has 2 N–H and O–H groups in total. The Labute approximate surface area is 192 Å². The van der Waals surface area contributed by atoms with Gasteiger partial charge in [0.2, 0.25) is 0 Å². The largest absolute Gasteiger partial charge is 0.494 e. The van der Waals surface area contributed by atoms with Crippen molar-refractivity contribution in [3.8, 4) is 0 Å². The van der Waals surface area contributed by atoms with Gasteiger partial charge in [0.25, 0.3) is 0 Å². The predicted octanol–water partition coefficient (Wildman–Crippen LogP) is 4.18. The van der Waals surface area contributed by atoms with E-state index in [2.05, 4.69) is 32.1 Å². The average Bonchev–Trinajstić information content (AvgIpc) is 3.67. The fraction of sp³-hybridized carbons (Fsp3) is 0.808. The number of unbranched alkanes of at least 4 members (excludes halogenated alkanes) is 1. The van der Waals surface area contributed by atoms with Crippen LogP contribution in [0.5, 0.6) is 0 Å². The third-order valence-corrected chi connectivity index (χ3v) is 8.30. The average molecular weight is 449 g/mol. The Kier molecular flexibility index (Phi) is 7.63. The van der Waals surface area contributed by atoms with E-state index in [9.17, 15) is 9.90 Å². The highest BCUT2D eigenvalue weighted by molar-refractivity contribution is 5.67. The van der Waals surface area contributed by atoms with Crippen LogP contribution in [0.1, 0.15) is 58.8 Å². The molecule has 0 amide bonds. The number of aliphatic carboxylic acids is 1. The van der Waals surface area contributed by atoms with E-state index in [1.165, 1.54) is 6.42 Å². The fourth-order valence-corrected chi connectivity index (χ4v) is 6.89. The summed E-state index contributed by atoms with van der Waals surface area (Å²) < 4.78 is 17.4. The summed E-state index contributed by atoms with van der Waals surface area (Å²) >= 11 is 0. The second-order valence-electron chi connectivity index (χ2n) is 10.1. The van der Waals surface area contributed by atoms with Gasteiger partial charge in [-0.3, -0.25) is 0 Å². The lowest BCUT2D eigenvalue weighted by molar-refractivity contribution is -0.142. The quantitative estimate of drug-likeness (QED) is 0.388. The number of ether oxygens (including phenoxy) is 3. The summed E-state index contributed by atoms with van der Waals surface area (Å²) in [5.41, 5.74) is 0.0632. The molecule has 8 atom stereocenters. The first-order valence-electron chi connectivity index (χ1n) is 12.6. The number of rotatable bonds is 14. The van der Waals surface area contributed by atoms with Crippen LogP contribution in [-0.2, 0) is 19.0 Å². The molecule has 0 bridgehead atoms. The third kappa shape index (κ3) is 4.51. The molecule has 3 unspecified atom stereocenters. The lowest BCUT2D eigenvalue weighted by atomic mass is 9.74. The van der Waals surface area contributed by atoms with Gasteiger partial charge in [-0.2, -0.15) is 0 Å². The van der Waals surface area contributed by atoms with Gasteiger partial charge in [-0.1, -0.05) is 32.8 Å². The monoisotopic (exact) mass is 448 g/mol. The highest BCUT2D eigenvalue weighted by Gasteiger charge is 2.89. The Morgan fingerprint density at radius 2 is 1.97 bits per heavy atom. The van der Waals surface area contributed by atoms with Gasteiger partial charge in [0.05, 0.1) is 18.8 Å². The van der Waals surface area contributed by atoms with E-state index in [1.807, 2.05) is 0 Å². The maximum Gasteiger partial charge on any atom is 0.329 e. The van der Waals surface area contributed by atoms with E-state index < -0.39 is 5.97 Å². The minimum Gasteiger partial charge on any atom is -0.494 e. The molecule has 4 aliphatic rings. The highest BCUT2D eigenvalue weighted by Crippen LogP contribution is 2.89. The summed E-state index contributed by atoms with van der Waals surface area (Å²) in [6.07, 6.45) is 13.6. The molecule has 0 aromatic rings. The third-order valence-electron chi connectivity index (χ3n) is 8.30. The van der Waals surface area contributed by atoms with Crippen LogP contribution < -0.4 is 0 Å². The van der Waals surface area contributed by atoms with Crippen LogP contribution in [0.3, 0.4) is 0 Å². The molecular formula is C26H40O6. The molecule has 0 aliphatic heterocycles. The van der Waals surface area contributed by atoms with Gasteiger partial charge in [0.1, 0.15) is 12.4 Å². The zero-order chi connectivity index (χ0) is 22.7. The van der Waals surface area contributed by atoms with Gasteiger partial charge in [-0.25, -0.2) is 4.79 Å². The van der Waals surface area contributed by atoms with Crippen molar-refractivity contribution in [3.05, 3.63) is 24.0 Å². The molecule has 32 heavy (non-hydrogen) atoms. The van der Waals surface area contributed by atoms with E-state index in [0.29, 0.717) is 43.3 Å². The maximum absolute atomic E-state index is 11.3. The van der Waals surface area contributed by atoms with Gasteiger partial charge >= 0.3 is 5.97 Å². The van der Waals surface area contributed by atoms with E-state index >= 15 is 0 Å². The summed E-state index contributed by atoms with van der Waals surface area (Å²) in [4.78, 5) is 10.6. The van der Waals surface area contributed by atoms with Crippen molar-refractivity contribution in [2.75, 3.05) is 26.4 Å². The summed E-state index contributed by atoms with van der Waals surface area (Å²) in [5.74, 6) is 2.58. The first kappa shape index (κ1) is 23.8. The predicted molar refractivity (Wildman–Crippen MR) is 121 cm³/mol. The van der Waals surface area contributed by atoms with Gasteiger partial charge in [-0.05, 0) is 67.9 Å². The normalized spacial score (nSPS) is 39.1. The second kappa shape index (κ2) is 10.3. The van der Waals surface area contributed by atoms with Crippen LogP contribution in [0, 0.1) is 35.0 Å². The molecule has 0 aromatic heterocycles. The molecule has 0 saturated heterocycles. The lowest BCUT2D eigenvalue weighted by Crippen LogP contribution is -2.34. The zero-order valence-electron chi connectivity index (χ0n) is 19.6. The van der Waals surface area contributed by atoms with Crippen molar-refractivity contribution in [1.29, 1.82) is 0 Å². The van der Waals surface area contributed by atoms with E-state index in [0.717, 1.165) is 44.5 Å². The number of allylic oxidation sites excluding steroid dienone is 3. The zero-order valence-corrected chi connectivity index (χ0v) is 19.6. The highest BCUT2D eigenvalue weighted by atomic mass is 16.5. The summed E-state index contributed by atoms with van der Waals surface area (Å²) in [7, 11) is 0. The fourth-order valence-electron chi connectivity index (χ4n) is 6.89. The minimum atomic E-state index is -0.945. The molecule has 6 heteroatoms. The van der Waals surface area contributed by atoms with Crippen LogP contribution in [0.15, 0.2) is 24.0 Å². The standard InChI is InChI=1S/C26H40O6/c1-3-4-11-20-24(32-14-8-13-30-16-21(27)28)17(2)25(29)26(20)22-19(23(22)26)12-15-31-18-9-6-5-7-10-18/h6,9-10,17,19-20,22-25,29H,3-5,7-8,11-16H2,1-2H3,(H,27,28)/t17-,19?,20+,22+,23?,24+,25-,26?/m1/s1. The van der Waals surface area contributed by atoms with E-state index in [1.54, 1.807) is 0 Å². The molecule has 3 fully saturated rings. The van der Waals surface area contributed by atoms with Crippen LogP contribution in [0.25, 0.3) is 0 Å². The Morgan fingerprint density at radius 3 is 2.66 bits per heavy atom. The Morgan fingerprint density at radius 1 is 1.16 bits per heavy atom. The van der Waals surface area contributed by atoms with Crippen molar-refractivity contribution in [2.45, 2.75) is 71.0 Å². The number of carboxylic acids is 1. The molecule has 180 valence electrons. The molecule has 1 spiro atoms. The molecule has 0 radical (unpaired) electrons. The molecule has 4 aliphatic carbocycles. The SMILES string of the molecule is CCCC[C@H]1[C@@H](OCCCOCC(=O)O)[C@@H](C)[C@@H](O)C12C1C(CCOC3=CCCC=C3)[C@@H]12. The second-order valence-corrected chi connectivity index (χ2v) is 10.1. The molecular weight excluding hydrogens is 408 g/mol. The Bertz CT molecular complexity index is 705. The number of aliphatic hydroxyl groups excluding tert-OH is 1. The Hall–Kier alpha value is -1.37. The van der Waals surface area contributed by atoms with Crippen molar-refractivity contribution < 1.29 is 29.2 Å². The van der Waals surface area contributed by atoms with Gasteiger partial charge in [-0.15, -0.1) is 0 Å². The van der Waals surface area contributed by atoms with Gasteiger partial charge in [0, 0.05) is 24.5 Å². The number of carbonyl (C=O) groups is 1. The van der Waals surface area contributed by atoms with Crippen molar-refractivity contribution in [1.82, 2.24) is 0 Å². The van der Waals surface area contributed by atoms with Crippen LogP contribution in [-0.4, -0.2) is 54.8 Å². The lowest BCUT2D eigenvalue weighted by Gasteiger charge is -2.33. The first-order valence-corrected chi connectivity index (χ1v) is 12.6. The van der Waals surface area contributed by atoms with Crippen molar-refractivity contribution >= 4 is 5.97 Å². The number of carboxylic acid groups (broad SMARTS) is 1. The van der Waals surface area contributed by atoms with Crippen molar-refractivity contribution in [2.24, 2.45) is 35.0 Å².